The molecule has 6 heteroatoms. The van der Waals surface area contributed by atoms with Crippen LogP contribution < -0.4 is 21.3 Å². The predicted octanol–water partition coefficient (Wildman–Crippen LogP) is 2.24. The Hall–Kier alpha value is -1.46. The monoisotopic (exact) mass is 270 g/mol. The highest BCUT2D eigenvalue weighted by Gasteiger charge is 2.03. The standard InChI is InChI=1S/C12H19ClN4O/c1-8(2)7-15-12(17-14)16-9-4-5-11(18-3)10(13)6-9/h4-6,8H,7,14H2,1-3H3,(H2,15,16,17). The molecule has 0 aromatic heterocycles. The van der Waals surface area contributed by atoms with Crippen LogP contribution >= 0.6 is 11.6 Å². The van der Waals surface area contributed by atoms with Gasteiger partial charge in [0, 0.05) is 12.2 Å². The number of hydrazine groups is 1. The van der Waals surface area contributed by atoms with Crippen molar-refractivity contribution in [2.75, 3.05) is 19.0 Å². The van der Waals surface area contributed by atoms with Crippen molar-refractivity contribution >= 4 is 23.2 Å². The summed E-state index contributed by atoms with van der Waals surface area (Å²) in [6.07, 6.45) is 0. The molecule has 0 bridgehead atoms. The van der Waals surface area contributed by atoms with E-state index in [2.05, 4.69) is 29.6 Å². The molecular weight excluding hydrogens is 252 g/mol. The number of rotatable bonds is 4. The maximum Gasteiger partial charge on any atom is 0.210 e. The van der Waals surface area contributed by atoms with Gasteiger partial charge in [0.05, 0.1) is 12.1 Å². The van der Waals surface area contributed by atoms with Gasteiger partial charge in [0.1, 0.15) is 5.75 Å². The summed E-state index contributed by atoms with van der Waals surface area (Å²) in [5, 5.41) is 3.58. The lowest BCUT2D eigenvalue weighted by Crippen LogP contribution is -2.36. The number of nitrogens with zero attached hydrogens (tertiary/aromatic N) is 1. The van der Waals surface area contributed by atoms with Gasteiger partial charge in [0.2, 0.25) is 5.96 Å². The number of methoxy groups -OCH3 is 1. The van der Waals surface area contributed by atoms with Crippen LogP contribution in [0.3, 0.4) is 0 Å². The van der Waals surface area contributed by atoms with E-state index in [1.165, 1.54) is 0 Å². The molecule has 0 saturated carbocycles. The molecule has 1 aromatic carbocycles. The molecule has 5 nitrogen and oxygen atoms in total. The summed E-state index contributed by atoms with van der Waals surface area (Å²) in [7, 11) is 1.57. The molecule has 1 aromatic rings. The zero-order chi connectivity index (χ0) is 13.5. The second-order valence-corrected chi connectivity index (χ2v) is 4.61. The number of halogens is 1. The molecule has 0 aliphatic carbocycles. The third-order valence-electron chi connectivity index (χ3n) is 2.17. The zero-order valence-electron chi connectivity index (χ0n) is 10.8. The minimum absolute atomic E-state index is 0.467. The normalized spacial score (nSPS) is 11.6. The quantitative estimate of drug-likeness (QED) is 0.340. The van der Waals surface area contributed by atoms with Gasteiger partial charge in [-0.3, -0.25) is 10.4 Å². The fraction of sp³-hybridized carbons (Fsp3) is 0.417. The summed E-state index contributed by atoms with van der Waals surface area (Å²) in [6, 6.07) is 5.37. The van der Waals surface area contributed by atoms with Crippen molar-refractivity contribution < 1.29 is 4.74 Å². The number of hydrogen-bond donors (Lipinski definition) is 3. The highest BCUT2D eigenvalue weighted by Crippen LogP contribution is 2.27. The van der Waals surface area contributed by atoms with Gasteiger partial charge in [-0.05, 0) is 24.1 Å². The van der Waals surface area contributed by atoms with E-state index in [9.17, 15) is 0 Å². The Morgan fingerprint density at radius 1 is 1.50 bits per heavy atom. The number of nitrogens with two attached hydrogens (primary N) is 1. The van der Waals surface area contributed by atoms with E-state index in [0.717, 1.165) is 5.69 Å². The molecule has 18 heavy (non-hydrogen) atoms. The van der Waals surface area contributed by atoms with Gasteiger partial charge in [-0.25, -0.2) is 5.84 Å². The molecule has 0 saturated heterocycles. The third-order valence-corrected chi connectivity index (χ3v) is 2.46. The van der Waals surface area contributed by atoms with Crippen LogP contribution in [0, 0.1) is 5.92 Å². The van der Waals surface area contributed by atoms with Gasteiger partial charge in [0.25, 0.3) is 0 Å². The van der Waals surface area contributed by atoms with Crippen molar-refractivity contribution in [3.05, 3.63) is 23.2 Å². The molecule has 100 valence electrons. The van der Waals surface area contributed by atoms with Crippen molar-refractivity contribution in [2.24, 2.45) is 16.8 Å². The molecule has 0 aliphatic heterocycles. The number of aliphatic imine (C=N–C) groups is 1. The molecule has 0 amide bonds. The van der Waals surface area contributed by atoms with E-state index >= 15 is 0 Å². The molecule has 0 radical (unpaired) electrons. The Labute approximate surface area is 112 Å². The lowest BCUT2D eigenvalue weighted by molar-refractivity contribution is 0.415. The largest absolute Gasteiger partial charge is 0.495 e. The van der Waals surface area contributed by atoms with Crippen molar-refractivity contribution in [3.63, 3.8) is 0 Å². The first kappa shape index (κ1) is 14.6. The summed E-state index contributed by atoms with van der Waals surface area (Å²) in [5.74, 6) is 7.00. The van der Waals surface area contributed by atoms with Gasteiger partial charge in [0.15, 0.2) is 0 Å². The van der Waals surface area contributed by atoms with Crippen LogP contribution in [0.25, 0.3) is 0 Å². The summed E-state index contributed by atoms with van der Waals surface area (Å²) in [6.45, 7) is 4.86. The van der Waals surface area contributed by atoms with Crippen molar-refractivity contribution in [1.82, 2.24) is 5.43 Å². The van der Waals surface area contributed by atoms with E-state index in [4.69, 9.17) is 22.2 Å². The number of ether oxygens (including phenoxy) is 1. The van der Waals surface area contributed by atoms with Gasteiger partial charge in [-0.2, -0.15) is 0 Å². The molecule has 0 fully saturated rings. The number of hydrogen-bond acceptors (Lipinski definition) is 3. The Balaban J connectivity index is 2.76. The summed E-state index contributed by atoms with van der Waals surface area (Å²) >= 11 is 6.03. The molecule has 0 spiro atoms. The van der Waals surface area contributed by atoms with Gasteiger partial charge >= 0.3 is 0 Å². The molecular formula is C12H19ClN4O. The topological polar surface area (TPSA) is 71.7 Å². The van der Waals surface area contributed by atoms with E-state index < -0.39 is 0 Å². The second kappa shape index (κ2) is 7.08. The van der Waals surface area contributed by atoms with Gasteiger partial charge in [-0.15, -0.1) is 0 Å². The van der Waals surface area contributed by atoms with Crippen molar-refractivity contribution in [2.45, 2.75) is 13.8 Å². The highest BCUT2D eigenvalue weighted by molar-refractivity contribution is 6.32. The average molecular weight is 271 g/mol. The number of guanidine groups is 1. The summed E-state index contributed by atoms with van der Waals surface area (Å²) < 4.78 is 5.08. The van der Waals surface area contributed by atoms with Gasteiger partial charge < -0.3 is 10.1 Å². The zero-order valence-corrected chi connectivity index (χ0v) is 11.6. The fourth-order valence-electron chi connectivity index (χ4n) is 1.28. The minimum atomic E-state index is 0.467. The van der Waals surface area contributed by atoms with Crippen molar-refractivity contribution in [3.8, 4) is 5.75 Å². The van der Waals surface area contributed by atoms with Gasteiger partial charge in [-0.1, -0.05) is 25.4 Å². The number of nitrogens with one attached hydrogen (secondary N) is 2. The van der Waals surface area contributed by atoms with Crippen LogP contribution in [0.5, 0.6) is 5.75 Å². The smallest absolute Gasteiger partial charge is 0.210 e. The highest BCUT2D eigenvalue weighted by atomic mass is 35.5. The third kappa shape index (κ3) is 4.43. The minimum Gasteiger partial charge on any atom is -0.495 e. The molecule has 0 unspecified atom stereocenters. The second-order valence-electron chi connectivity index (χ2n) is 4.20. The maximum atomic E-state index is 6.03. The average Bonchev–Trinajstić information content (AvgIpc) is 2.34. The summed E-state index contributed by atoms with van der Waals surface area (Å²) in [4.78, 5) is 4.30. The molecule has 4 N–H and O–H groups in total. The molecule has 0 heterocycles. The van der Waals surface area contributed by atoms with E-state index in [1.807, 2.05) is 6.07 Å². The van der Waals surface area contributed by atoms with Crippen LogP contribution in [-0.2, 0) is 0 Å². The number of anilines is 1. The lowest BCUT2D eigenvalue weighted by Gasteiger charge is -2.11. The molecule has 1 rings (SSSR count). The Bertz CT molecular complexity index is 421. The first-order valence-corrected chi connectivity index (χ1v) is 6.06. The summed E-state index contributed by atoms with van der Waals surface area (Å²) in [5.41, 5.74) is 3.31. The predicted molar refractivity (Wildman–Crippen MR) is 76.1 cm³/mol. The van der Waals surface area contributed by atoms with Crippen LogP contribution in [0.1, 0.15) is 13.8 Å². The molecule has 0 aliphatic rings. The van der Waals surface area contributed by atoms with Crippen LogP contribution in [0.2, 0.25) is 5.02 Å². The van der Waals surface area contributed by atoms with Crippen LogP contribution in [0.15, 0.2) is 23.2 Å². The number of benzene rings is 1. The maximum absolute atomic E-state index is 6.03. The van der Waals surface area contributed by atoms with Crippen molar-refractivity contribution in [1.29, 1.82) is 0 Å². The SMILES string of the molecule is COc1ccc(NC(=NCC(C)C)NN)cc1Cl. The van der Waals surface area contributed by atoms with E-state index in [-0.39, 0.29) is 0 Å². The Morgan fingerprint density at radius 3 is 2.72 bits per heavy atom. The Kier molecular flexibility index (Phi) is 5.74. The van der Waals surface area contributed by atoms with E-state index in [0.29, 0.717) is 29.2 Å². The fourth-order valence-corrected chi connectivity index (χ4v) is 1.53. The Morgan fingerprint density at radius 2 is 2.22 bits per heavy atom. The molecule has 0 atom stereocenters. The first-order chi connectivity index (χ1) is 8.56. The first-order valence-electron chi connectivity index (χ1n) is 5.68. The van der Waals surface area contributed by atoms with E-state index in [1.54, 1.807) is 19.2 Å². The van der Waals surface area contributed by atoms with Crippen LogP contribution in [-0.4, -0.2) is 19.6 Å². The lowest BCUT2D eigenvalue weighted by atomic mass is 10.2. The van der Waals surface area contributed by atoms with Crippen LogP contribution in [0.4, 0.5) is 5.69 Å².